The summed E-state index contributed by atoms with van der Waals surface area (Å²) in [6.07, 6.45) is 0. The van der Waals surface area contributed by atoms with Crippen LogP contribution in [0.25, 0.3) is 10.8 Å². The van der Waals surface area contributed by atoms with E-state index in [-0.39, 0.29) is 54.6 Å². The van der Waals surface area contributed by atoms with Gasteiger partial charge in [-0.05, 0) is 11.5 Å². The summed E-state index contributed by atoms with van der Waals surface area (Å²) < 4.78 is 0. The van der Waals surface area contributed by atoms with Gasteiger partial charge in [-0.15, -0.1) is 0 Å². The molecule has 2 rings (SSSR count). The summed E-state index contributed by atoms with van der Waals surface area (Å²) in [6, 6.07) is 13.3. The quantitative estimate of drug-likeness (QED) is 0.475. The second-order valence-corrected chi connectivity index (χ2v) is 2.50. The first-order valence-corrected chi connectivity index (χ1v) is 3.54. The molecule has 0 saturated heterocycles. The van der Waals surface area contributed by atoms with Crippen LogP contribution in [0, 0.1) is 0 Å². The van der Waals surface area contributed by atoms with Crippen molar-refractivity contribution >= 4 is 28.1 Å². The van der Waals surface area contributed by atoms with E-state index in [0.29, 0.717) is 5.75 Å². The van der Waals surface area contributed by atoms with Crippen molar-refractivity contribution in [2.75, 3.05) is 0 Å². The van der Waals surface area contributed by atoms with Crippen LogP contribution < -0.4 is 37.2 Å². The van der Waals surface area contributed by atoms with Gasteiger partial charge in [0.1, 0.15) is 5.75 Å². The monoisotopic (exact) mass is 276 g/mol. The van der Waals surface area contributed by atoms with Crippen LogP contribution in [0.5, 0.6) is 5.75 Å². The largest absolute Gasteiger partial charge is 3.00 e. The third-order valence-corrected chi connectivity index (χ3v) is 1.77. The summed E-state index contributed by atoms with van der Waals surface area (Å²) >= 11 is 0. The van der Waals surface area contributed by atoms with Gasteiger partial charge in [-0.3, -0.25) is 0 Å². The van der Waals surface area contributed by atoms with E-state index in [1.165, 1.54) is 0 Å². The Hall–Kier alpha value is -0.0975. The van der Waals surface area contributed by atoms with Gasteiger partial charge >= 0.3 is 17.4 Å². The minimum Gasteiger partial charge on any atom is -1.00 e. The Morgan fingerprint density at radius 3 is 1.87 bits per heavy atom. The average molecular weight is 278 g/mol. The van der Waals surface area contributed by atoms with Crippen LogP contribution >= 0.6 is 0 Å². The maximum atomic E-state index is 9.37. The number of hydrogen-bond donors (Lipinski definition) is 1. The molecule has 1 N–H and O–H groups in total. The zero-order chi connectivity index (χ0) is 7.68. The van der Waals surface area contributed by atoms with Gasteiger partial charge in [0.25, 0.3) is 0 Å². The molecule has 0 aromatic heterocycles. The van der Waals surface area contributed by atoms with Gasteiger partial charge in [-0.25, -0.2) is 0 Å². The summed E-state index contributed by atoms with van der Waals surface area (Å²) in [5, 5.41) is 11.4. The molecule has 0 unspecified atom stereocenters. The molecular weight excluding hydrogens is 269 g/mol. The van der Waals surface area contributed by atoms with Crippen LogP contribution in [-0.4, -0.2) is 22.5 Å². The van der Waals surface area contributed by atoms with Crippen molar-refractivity contribution < 1.29 is 42.3 Å². The van der Waals surface area contributed by atoms with E-state index in [2.05, 4.69) is 0 Å². The second kappa shape index (κ2) is 9.15. The summed E-state index contributed by atoms with van der Waals surface area (Å²) in [5.41, 5.74) is 0. The van der Waals surface area contributed by atoms with E-state index < -0.39 is 0 Å². The molecular formula is C10H8AlCl3O. The molecule has 78 valence electrons. The predicted molar refractivity (Wildman–Crippen MR) is 51.4 cm³/mol. The molecule has 2 aromatic rings. The van der Waals surface area contributed by atoms with Gasteiger partial charge in [0, 0.05) is 5.39 Å². The fourth-order valence-corrected chi connectivity index (χ4v) is 1.21. The molecule has 0 fully saturated rings. The molecule has 0 aliphatic rings. The van der Waals surface area contributed by atoms with E-state index in [1.54, 1.807) is 6.07 Å². The van der Waals surface area contributed by atoms with Crippen molar-refractivity contribution in [1.82, 2.24) is 0 Å². The molecule has 2 aromatic carbocycles. The third-order valence-electron chi connectivity index (χ3n) is 1.77. The molecule has 5 heteroatoms. The standard InChI is InChI=1S/C10H8O.Al.3ClH/c11-10-7-3-5-8-4-1-2-6-9(8)10;;;;/h1-7,11H;;3*1H/q;+3;;;/p-3. The first kappa shape index (κ1) is 20.3. The summed E-state index contributed by atoms with van der Waals surface area (Å²) in [7, 11) is 0. The fourth-order valence-electron chi connectivity index (χ4n) is 1.21. The van der Waals surface area contributed by atoms with Crippen molar-refractivity contribution in [2.24, 2.45) is 0 Å². The molecule has 0 heterocycles. The van der Waals surface area contributed by atoms with E-state index >= 15 is 0 Å². The van der Waals surface area contributed by atoms with Gasteiger partial charge in [0.05, 0.1) is 0 Å². The number of hydrogen-bond acceptors (Lipinski definition) is 1. The van der Waals surface area contributed by atoms with Crippen LogP contribution in [0.1, 0.15) is 0 Å². The normalized spacial score (nSPS) is 7.47. The summed E-state index contributed by atoms with van der Waals surface area (Å²) in [5.74, 6) is 0.350. The maximum absolute atomic E-state index is 9.37. The number of aromatic hydroxyl groups is 1. The van der Waals surface area contributed by atoms with Crippen LogP contribution in [0.15, 0.2) is 42.5 Å². The number of rotatable bonds is 0. The smallest absolute Gasteiger partial charge is 1.00 e. The van der Waals surface area contributed by atoms with Crippen molar-refractivity contribution in [3.63, 3.8) is 0 Å². The number of fused-ring (bicyclic) bond motifs is 1. The zero-order valence-corrected chi connectivity index (χ0v) is 11.1. The van der Waals surface area contributed by atoms with Crippen molar-refractivity contribution in [1.29, 1.82) is 0 Å². The molecule has 0 saturated carbocycles. The van der Waals surface area contributed by atoms with Gasteiger partial charge in [0.15, 0.2) is 0 Å². The van der Waals surface area contributed by atoms with Crippen molar-refractivity contribution in [2.45, 2.75) is 0 Å². The zero-order valence-electron chi connectivity index (χ0n) is 7.70. The van der Waals surface area contributed by atoms with Crippen LogP contribution in [-0.2, 0) is 0 Å². The average Bonchev–Trinajstić information content (AvgIpc) is 2.06. The Morgan fingerprint density at radius 1 is 0.733 bits per heavy atom. The van der Waals surface area contributed by atoms with Gasteiger partial charge in [-0.2, -0.15) is 0 Å². The first-order valence-electron chi connectivity index (χ1n) is 3.54. The number of phenolic OH excluding ortho intramolecular Hbond substituents is 1. The minimum atomic E-state index is 0. The van der Waals surface area contributed by atoms with Crippen LogP contribution in [0.2, 0.25) is 0 Å². The topological polar surface area (TPSA) is 20.2 Å². The first-order chi connectivity index (χ1) is 5.38. The molecule has 1 nitrogen and oxygen atoms in total. The molecule has 0 aliphatic carbocycles. The molecule has 0 amide bonds. The summed E-state index contributed by atoms with van der Waals surface area (Å²) in [4.78, 5) is 0. The molecule has 15 heavy (non-hydrogen) atoms. The molecule has 0 radical (unpaired) electrons. The van der Waals surface area contributed by atoms with E-state index in [0.717, 1.165) is 10.8 Å². The number of phenols is 1. The molecule has 0 bridgehead atoms. The Balaban J connectivity index is -0.000000360. The SMILES string of the molecule is Oc1cccc2ccccc12.[Al+3].[Cl-].[Cl-].[Cl-]. The molecule has 0 aliphatic heterocycles. The Bertz CT molecular complexity index is 390. The van der Waals surface area contributed by atoms with Crippen molar-refractivity contribution in [3.8, 4) is 5.75 Å². The van der Waals surface area contributed by atoms with Gasteiger partial charge in [0.2, 0.25) is 0 Å². The predicted octanol–water partition coefficient (Wildman–Crippen LogP) is -6.82. The minimum absolute atomic E-state index is 0. The second-order valence-electron chi connectivity index (χ2n) is 2.50. The van der Waals surface area contributed by atoms with E-state index in [4.69, 9.17) is 0 Å². The number of halogens is 3. The van der Waals surface area contributed by atoms with E-state index in [9.17, 15) is 5.11 Å². The summed E-state index contributed by atoms with van der Waals surface area (Å²) in [6.45, 7) is 0. The Labute approximate surface area is 118 Å². The Kier molecular flexibility index (Phi) is 12.4. The van der Waals surface area contributed by atoms with Crippen LogP contribution in [0.4, 0.5) is 0 Å². The molecule has 0 atom stereocenters. The fraction of sp³-hybridized carbons (Fsp3) is 0. The van der Waals surface area contributed by atoms with E-state index in [1.807, 2.05) is 36.4 Å². The maximum Gasteiger partial charge on any atom is 3.00 e. The Morgan fingerprint density at radius 2 is 1.27 bits per heavy atom. The molecule has 0 spiro atoms. The van der Waals surface area contributed by atoms with Gasteiger partial charge < -0.3 is 42.3 Å². The van der Waals surface area contributed by atoms with Crippen molar-refractivity contribution in [3.05, 3.63) is 42.5 Å². The van der Waals surface area contributed by atoms with Crippen LogP contribution in [0.3, 0.4) is 0 Å². The number of benzene rings is 2. The third kappa shape index (κ3) is 4.51. The van der Waals surface area contributed by atoms with Gasteiger partial charge in [-0.1, -0.05) is 36.4 Å².